The average Bonchev–Trinajstić information content (AvgIpc) is 3.17. The number of methoxy groups -OCH3 is 1. The number of nitrogens with one attached hydrogen (secondary N) is 1. The minimum absolute atomic E-state index is 0.0585. The summed E-state index contributed by atoms with van der Waals surface area (Å²) in [7, 11) is -2.52. The van der Waals surface area contributed by atoms with Crippen LogP contribution in [0.25, 0.3) is 0 Å². The van der Waals surface area contributed by atoms with Gasteiger partial charge in [-0.05, 0) is 49.2 Å². The topological polar surface area (TPSA) is 75.7 Å². The molecular formula is C18H18Cl2N2O4S. The van der Waals surface area contributed by atoms with Crippen LogP contribution < -0.4 is 9.46 Å². The number of nitrogens with zero attached hydrogens (tertiary/aromatic N) is 1. The molecule has 3 rings (SSSR count). The van der Waals surface area contributed by atoms with Crippen LogP contribution in [0.5, 0.6) is 5.75 Å². The third-order valence-electron chi connectivity index (χ3n) is 4.28. The highest BCUT2D eigenvalue weighted by Crippen LogP contribution is 2.30. The zero-order chi connectivity index (χ0) is 19.6. The number of rotatable bonds is 5. The molecule has 0 radical (unpaired) electrons. The van der Waals surface area contributed by atoms with Gasteiger partial charge >= 0.3 is 0 Å². The third kappa shape index (κ3) is 4.31. The van der Waals surface area contributed by atoms with Crippen LogP contribution in [-0.4, -0.2) is 39.4 Å². The number of halogens is 2. The largest absolute Gasteiger partial charge is 0.496 e. The number of anilines is 1. The minimum Gasteiger partial charge on any atom is -0.496 e. The monoisotopic (exact) mass is 428 g/mol. The molecular weight excluding hydrogens is 411 g/mol. The SMILES string of the molecule is COc1ccc(S(=O)(=O)Nc2ccc(Cl)cc2Cl)cc1C(=O)N1CCCC1. The van der Waals surface area contributed by atoms with Gasteiger partial charge in [-0.2, -0.15) is 0 Å². The standard InChI is InChI=1S/C18H18Cl2N2O4S/c1-26-17-7-5-13(11-14(17)18(23)22-8-2-3-9-22)27(24,25)21-16-6-4-12(19)10-15(16)20/h4-7,10-11,21H,2-3,8-9H2,1H3. The second-order valence-corrected chi connectivity index (χ2v) is 8.62. The molecule has 144 valence electrons. The molecule has 2 aromatic rings. The Balaban J connectivity index is 1.95. The molecule has 1 amide bonds. The number of carbonyl (C=O) groups is 1. The molecule has 1 N–H and O–H groups in total. The predicted molar refractivity (Wildman–Crippen MR) is 105 cm³/mol. The summed E-state index contributed by atoms with van der Waals surface area (Å²) in [5.41, 5.74) is 0.411. The van der Waals surface area contributed by atoms with E-state index in [0.29, 0.717) is 23.9 Å². The van der Waals surface area contributed by atoms with Gasteiger partial charge in [-0.15, -0.1) is 0 Å². The summed E-state index contributed by atoms with van der Waals surface area (Å²) in [5.74, 6) is 0.0845. The maximum Gasteiger partial charge on any atom is 0.261 e. The van der Waals surface area contributed by atoms with Crippen molar-refractivity contribution in [2.75, 3.05) is 24.9 Å². The van der Waals surface area contributed by atoms with Crippen LogP contribution in [0, 0.1) is 0 Å². The number of hydrogen-bond acceptors (Lipinski definition) is 4. The first-order chi connectivity index (χ1) is 12.8. The molecule has 9 heteroatoms. The number of hydrogen-bond donors (Lipinski definition) is 1. The van der Waals surface area contributed by atoms with Crippen molar-refractivity contribution in [3.63, 3.8) is 0 Å². The van der Waals surface area contributed by atoms with Gasteiger partial charge in [0.25, 0.3) is 15.9 Å². The van der Waals surface area contributed by atoms with Gasteiger partial charge < -0.3 is 9.64 Å². The molecule has 0 atom stereocenters. The molecule has 0 spiro atoms. The Morgan fingerprint density at radius 3 is 2.44 bits per heavy atom. The summed E-state index contributed by atoms with van der Waals surface area (Å²) < 4.78 is 33.2. The Morgan fingerprint density at radius 2 is 1.81 bits per heavy atom. The van der Waals surface area contributed by atoms with Crippen molar-refractivity contribution < 1.29 is 17.9 Å². The summed E-state index contributed by atoms with van der Waals surface area (Å²) in [5, 5.41) is 0.568. The molecule has 2 aromatic carbocycles. The normalized spacial score (nSPS) is 14.3. The van der Waals surface area contributed by atoms with Crippen molar-refractivity contribution in [3.05, 3.63) is 52.0 Å². The van der Waals surface area contributed by atoms with Crippen LogP contribution in [0.4, 0.5) is 5.69 Å². The van der Waals surface area contributed by atoms with E-state index in [1.165, 1.54) is 43.5 Å². The van der Waals surface area contributed by atoms with Crippen LogP contribution >= 0.6 is 23.2 Å². The summed E-state index contributed by atoms with van der Waals surface area (Å²) in [6, 6.07) is 8.62. The third-order valence-corrected chi connectivity index (χ3v) is 6.19. The maximum absolute atomic E-state index is 12.8. The van der Waals surface area contributed by atoms with E-state index >= 15 is 0 Å². The van der Waals surface area contributed by atoms with Gasteiger partial charge in [-0.25, -0.2) is 8.42 Å². The van der Waals surface area contributed by atoms with Crippen molar-refractivity contribution in [1.29, 1.82) is 0 Å². The lowest BCUT2D eigenvalue weighted by molar-refractivity contribution is 0.0789. The van der Waals surface area contributed by atoms with E-state index in [0.717, 1.165) is 12.8 Å². The van der Waals surface area contributed by atoms with Gasteiger partial charge in [0.15, 0.2) is 0 Å². The van der Waals surface area contributed by atoms with Crippen molar-refractivity contribution >= 4 is 44.8 Å². The van der Waals surface area contributed by atoms with Gasteiger partial charge in [-0.1, -0.05) is 23.2 Å². The van der Waals surface area contributed by atoms with Gasteiger partial charge in [-0.3, -0.25) is 9.52 Å². The van der Waals surface area contributed by atoms with Crippen LogP contribution in [-0.2, 0) is 10.0 Å². The molecule has 6 nitrogen and oxygen atoms in total. The first kappa shape index (κ1) is 19.8. The highest BCUT2D eigenvalue weighted by Gasteiger charge is 2.25. The van der Waals surface area contributed by atoms with Crippen molar-refractivity contribution in [3.8, 4) is 5.75 Å². The summed E-state index contributed by atoms with van der Waals surface area (Å²) >= 11 is 11.9. The van der Waals surface area contributed by atoms with E-state index in [1.54, 1.807) is 4.90 Å². The molecule has 1 aliphatic heterocycles. The molecule has 27 heavy (non-hydrogen) atoms. The number of likely N-dealkylation sites (tertiary alicyclic amines) is 1. The Bertz CT molecular complexity index is 973. The molecule has 0 aromatic heterocycles. The second-order valence-electron chi connectivity index (χ2n) is 6.09. The highest BCUT2D eigenvalue weighted by atomic mass is 35.5. The fraction of sp³-hybridized carbons (Fsp3) is 0.278. The quantitative estimate of drug-likeness (QED) is 0.779. The summed E-state index contributed by atoms with van der Waals surface area (Å²) in [4.78, 5) is 14.4. The van der Waals surface area contributed by atoms with Gasteiger partial charge in [0, 0.05) is 18.1 Å². The Labute approximate surface area is 168 Å². The van der Waals surface area contributed by atoms with E-state index in [2.05, 4.69) is 4.72 Å². The Hall–Kier alpha value is -1.96. The van der Waals surface area contributed by atoms with Crippen LogP contribution in [0.1, 0.15) is 23.2 Å². The lowest BCUT2D eigenvalue weighted by atomic mass is 10.1. The smallest absolute Gasteiger partial charge is 0.261 e. The maximum atomic E-state index is 12.8. The molecule has 0 aliphatic carbocycles. The predicted octanol–water partition coefficient (Wildman–Crippen LogP) is 4.04. The van der Waals surface area contributed by atoms with E-state index in [-0.39, 0.29) is 27.1 Å². The van der Waals surface area contributed by atoms with Crippen LogP contribution in [0.2, 0.25) is 10.0 Å². The first-order valence-electron chi connectivity index (χ1n) is 8.27. The van der Waals surface area contributed by atoms with E-state index in [4.69, 9.17) is 27.9 Å². The van der Waals surface area contributed by atoms with E-state index in [9.17, 15) is 13.2 Å². The molecule has 0 bridgehead atoms. The second kappa shape index (κ2) is 7.96. The molecule has 1 fully saturated rings. The number of amides is 1. The number of carbonyl (C=O) groups excluding carboxylic acids is 1. The fourth-order valence-corrected chi connectivity index (χ4v) is 4.51. The first-order valence-corrected chi connectivity index (χ1v) is 10.5. The highest BCUT2D eigenvalue weighted by molar-refractivity contribution is 7.92. The average molecular weight is 429 g/mol. The molecule has 0 unspecified atom stereocenters. The molecule has 1 aliphatic rings. The lowest BCUT2D eigenvalue weighted by Crippen LogP contribution is -2.28. The van der Waals surface area contributed by atoms with Crippen molar-refractivity contribution in [2.24, 2.45) is 0 Å². The van der Waals surface area contributed by atoms with Crippen LogP contribution in [0.3, 0.4) is 0 Å². The minimum atomic E-state index is -3.96. The molecule has 0 saturated carbocycles. The Kier molecular flexibility index (Phi) is 5.83. The van der Waals surface area contributed by atoms with E-state index < -0.39 is 10.0 Å². The van der Waals surface area contributed by atoms with Gasteiger partial charge in [0.1, 0.15) is 5.75 Å². The zero-order valence-electron chi connectivity index (χ0n) is 14.5. The van der Waals surface area contributed by atoms with Crippen molar-refractivity contribution in [2.45, 2.75) is 17.7 Å². The van der Waals surface area contributed by atoms with Gasteiger partial charge in [0.2, 0.25) is 0 Å². The van der Waals surface area contributed by atoms with Crippen molar-refractivity contribution in [1.82, 2.24) is 4.90 Å². The Morgan fingerprint density at radius 1 is 1.11 bits per heavy atom. The number of benzene rings is 2. The van der Waals surface area contributed by atoms with Gasteiger partial charge in [0.05, 0.1) is 28.3 Å². The molecule has 1 saturated heterocycles. The number of sulfonamides is 1. The number of ether oxygens (including phenoxy) is 1. The fourth-order valence-electron chi connectivity index (χ4n) is 2.89. The summed E-state index contributed by atoms with van der Waals surface area (Å²) in [6.07, 6.45) is 1.87. The van der Waals surface area contributed by atoms with Crippen LogP contribution in [0.15, 0.2) is 41.3 Å². The zero-order valence-corrected chi connectivity index (χ0v) is 16.9. The van der Waals surface area contributed by atoms with E-state index in [1.807, 2.05) is 0 Å². The molecule has 1 heterocycles. The summed E-state index contributed by atoms with van der Waals surface area (Å²) in [6.45, 7) is 1.30. The lowest BCUT2D eigenvalue weighted by Gasteiger charge is -2.18.